The second-order valence-corrected chi connectivity index (χ2v) is 5.71. The summed E-state index contributed by atoms with van der Waals surface area (Å²) in [6.45, 7) is 3.54. The highest BCUT2D eigenvalue weighted by molar-refractivity contribution is 7.92. The Kier molecular flexibility index (Phi) is 4.53. The molecule has 1 aromatic carbocycles. The van der Waals surface area contributed by atoms with E-state index in [1.165, 1.54) is 6.08 Å². The average Bonchev–Trinajstić information content (AvgIpc) is 2.15. The number of benzene rings is 1. The largest absolute Gasteiger partial charge is 0.233 e. The molecule has 5 heteroatoms. The van der Waals surface area contributed by atoms with Gasteiger partial charge < -0.3 is 0 Å². The Morgan fingerprint density at radius 3 is 2.31 bits per heavy atom. The summed E-state index contributed by atoms with van der Waals surface area (Å²) >= 11 is 5.72. The number of hydrogen-bond donors (Lipinski definition) is 1. The summed E-state index contributed by atoms with van der Waals surface area (Å²) < 4.78 is 25.4. The van der Waals surface area contributed by atoms with E-state index in [1.807, 2.05) is 0 Å². The van der Waals surface area contributed by atoms with Gasteiger partial charge in [-0.3, -0.25) is 0 Å². The molecule has 88 valence electrons. The molecular formula is C11H14ClNO2S. The van der Waals surface area contributed by atoms with Gasteiger partial charge in [-0.2, -0.15) is 0 Å². The molecule has 0 spiro atoms. The van der Waals surface area contributed by atoms with Gasteiger partial charge in [0.2, 0.25) is 10.0 Å². The number of halogens is 1. The quantitative estimate of drug-likeness (QED) is 0.904. The fraction of sp³-hybridized carbons (Fsp3) is 0.273. The Morgan fingerprint density at radius 1 is 1.25 bits per heavy atom. The third kappa shape index (κ3) is 4.79. The summed E-state index contributed by atoms with van der Waals surface area (Å²) in [5.41, 5.74) is 0.790. The van der Waals surface area contributed by atoms with Gasteiger partial charge in [0.1, 0.15) is 0 Å². The molecule has 0 unspecified atom stereocenters. The molecule has 0 saturated carbocycles. The lowest BCUT2D eigenvalue weighted by Gasteiger charge is -2.04. The summed E-state index contributed by atoms with van der Waals surface area (Å²) in [5.74, 6) is 0. The zero-order valence-electron chi connectivity index (χ0n) is 9.14. The van der Waals surface area contributed by atoms with Crippen LogP contribution in [0.2, 0.25) is 5.02 Å². The van der Waals surface area contributed by atoms with Crippen LogP contribution in [0.15, 0.2) is 29.7 Å². The summed E-state index contributed by atoms with van der Waals surface area (Å²) in [7, 11) is -3.35. The Bertz CT molecular complexity index is 463. The van der Waals surface area contributed by atoms with Crippen molar-refractivity contribution < 1.29 is 8.42 Å². The van der Waals surface area contributed by atoms with Gasteiger partial charge in [-0.25, -0.2) is 13.1 Å². The van der Waals surface area contributed by atoms with E-state index in [9.17, 15) is 8.42 Å². The first-order chi connectivity index (χ1) is 7.39. The summed E-state index contributed by atoms with van der Waals surface area (Å²) in [4.78, 5) is 0. The maximum atomic E-state index is 11.5. The van der Waals surface area contributed by atoms with E-state index in [-0.39, 0.29) is 6.04 Å². The first kappa shape index (κ1) is 13.2. The molecule has 0 aliphatic heterocycles. The first-order valence-electron chi connectivity index (χ1n) is 4.85. The van der Waals surface area contributed by atoms with Crippen molar-refractivity contribution in [1.29, 1.82) is 0 Å². The van der Waals surface area contributed by atoms with Crippen LogP contribution in [0.5, 0.6) is 0 Å². The molecule has 3 nitrogen and oxygen atoms in total. The Hall–Kier alpha value is -0.840. The van der Waals surface area contributed by atoms with E-state index in [1.54, 1.807) is 38.1 Å². The molecule has 0 atom stereocenters. The van der Waals surface area contributed by atoms with E-state index in [2.05, 4.69) is 4.72 Å². The molecule has 0 saturated heterocycles. The Labute approximate surface area is 101 Å². The van der Waals surface area contributed by atoms with E-state index in [4.69, 9.17) is 11.6 Å². The van der Waals surface area contributed by atoms with Crippen LogP contribution in [0.4, 0.5) is 0 Å². The van der Waals surface area contributed by atoms with E-state index in [0.717, 1.165) is 11.0 Å². The molecule has 0 amide bonds. The number of rotatable bonds is 4. The summed E-state index contributed by atoms with van der Waals surface area (Å²) in [6.07, 6.45) is 1.53. The lowest BCUT2D eigenvalue weighted by Crippen LogP contribution is -2.28. The Morgan fingerprint density at radius 2 is 1.81 bits per heavy atom. The topological polar surface area (TPSA) is 46.2 Å². The van der Waals surface area contributed by atoms with Crippen molar-refractivity contribution in [2.75, 3.05) is 0 Å². The third-order valence-electron chi connectivity index (χ3n) is 1.71. The van der Waals surface area contributed by atoms with Crippen LogP contribution < -0.4 is 4.72 Å². The van der Waals surface area contributed by atoms with Gasteiger partial charge in [0.15, 0.2) is 0 Å². The lowest BCUT2D eigenvalue weighted by molar-refractivity contribution is 0.579. The lowest BCUT2D eigenvalue weighted by atomic mass is 10.2. The molecule has 1 aromatic rings. The molecular weight excluding hydrogens is 246 g/mol. The predicted octanol–water partition coefficient (Wildman–Crippen LogP) is 2.64. The molecule has 0 heterocycles. The molecule has 1 rings (SSSR count). The summed E-state index contributed by atoms with van der Waals surface area (Å²) in [6, 6.07) is 6.82. The maximum Gasteiger partial charge on any atom is 0.233 e. The van der Waals surface area contributed by atoms with E-state index >= 15 is 0 Å². The number of nitrogens with one attached hydrogen (secondary N) is 1. The monoisotopic (exact) mass is 259 g/mol. The van der Waals surface area contributed by atoms with Gasteiger partial charge in [0.25, 0.3) is 0 Å². The van der Waals surface area contributed by atoms with Crippen LogP contribution in [-0.4, -0.2) is 14.5 Å². The molecule has 16 heavy (non-hydrogen) atoms. The number of hydrogen-bond acceptors (Lipinski definition) is 2. The maximum absolute atomic E-state index is 11.5. The normalized spacial score (nSPS) is 12.5. The Balaban J connectivity index is 2.77. The molecule has 0 bridgehead atoms. The van der Waals surface area contributed by atoms with E-state index in [0.29, 0.717) is 5.02 Å². The highest BCUT2D eigenvalue weighted by Crippen LogP contribution is 2.11. The highest BCUT2D eigenvalue weighted by Gasteiger charge is 2.06. The van der Waals surface area contributed by atoms with Crippen LogP contribution in [0.1, 0.15) is 19.4 Å². The van der Waals surface area contributed by atoms with Gasteiger partial charge in [-0.05, 0) is 37.6 Å². The van der Waals surface area contributed by atoms with Crippen LogP contribution in [-0.2, 0) is 10.0 Å². The third-order valence-corrected chi connectivity index (χ3v) is 3.26. The average molecular weight is 260 g/mol. The minimum Gasteiger partial charge on any atom is -0.209 e. The minimum atomic E-state index is -3.35. The molecule has 0 aromatic heterocycles. The second-order valence-electron chi connectivity index (χ2n) is 3.67. The van der Waals surface area contributed by atoms with Crippen molar-refractivity contribution in [3.63, 3.8) is 0 Å². The first-order valence-corrected chi connectivity index (χ1v) is 6.77. The zero-order valence-corrected chi connectivity index (χ0v) is 10.7. The van der Waals surface area contributed by atoms with Crippen molar-refractivity contribution >= 4 is 27.7 Å². The zero-order chi connectivity index (χ0) is 12.2. The van der Waals surface area contributed by atoms with Gasteiger partial charge in [-0.15, -0.1) is 0 Å². The minimum absolute atomic E-state index is 0.111. The van der Waals surface area contributed by atoms with Gasteiger partial charge in [-0.1, -0.05) is 23.7 Å². The summed E-state index contributed by atoms with van der Waals surface area (Å²) in [5, 5.41) is 1.77. The fourth-order valence-corrected chi connectivity index (χ4v) is 2.31. The fourth-order valence-electron chi connectivity index (χ4n) is 1.11. The van der Waals surface area contributed by atoms with Crippen molar-refractivity contribution in [1.82, 2.24) is 4.72 Å². The number of sulfonamides is 1. The van der Waals surface area contributed by atoms with Crippen LogP contribution in [0, 0.1) is 0 Å². The molecule has 0 radical (unpaired) electrons. The predicted molar refractivity (Wildman–Crippen MR) is 67.7 cm³/mol. The smallest absolute Gasteiger partial charge is 0.209 e. The van der Waals surface area contributed by atoms with Crippen LogP contribution in [0.25, 0.3) is 6.08 Å². The van der Waals surface area contributed by atoms with Crippen molar-refractivity contribution in [3.8, 4) is 0 Å². The van der Waals surface area contributed by atoms with Crippen LogP contribution >= 0.6 is 11.6 Å². The van der Waals surface area contributed by atoms with Crippen molar-refractivity contribution in [2.45, 2.75) is 19.9 Å². The van der Waals surface area contributed by atoms with Crippen molar-refractivity contribution in [3.05, 3.63) is 40.3 Å². The van der Waals surface area contributed by atoms with Crippen LogP contribution in [0.3, 0.4) is 0 Å². The molecule has 0 aliphatic rings. The van der Waals surface area contributed by atoms with Gasteiger partial charge in [0.05, 0.1) is 0 Å². The standard InChI is InChI=1S/C11H14ClNO2S/c1-9(2)13-16(14,15)8-7-10-3-5-11(12)6-4-10/h3-9,13H,1-2H3. The van der Waals surface area contributed by atoms with E-state index < -0.39 is 10.0 Å². The molecule has 1 N–H and O–H groups in total. The SMILES string of the molecule is CC(C)NS(=O)(=O)C=Cc1ccc(Cl)cc1. The molecule has 0 aliphatic carbocycles. The second kappa shape index (κ2) is 5.48. The van der Waals surface area contributed by atoms with Crippen molar-refractivity contribution in [2.24, 2.45) is 0 Å². The highest BCUT2D eigenvalue weighted by atomic mass is 35.5. The van der Waals surface area contributed by atoms with Gasteiger partial charge in [0, 0.05) is 16.5 Å². The molecule has 0 fully saturated rings. The van der Waals surface area contributed by atoms with Gasteiger partial charge >= 0.3 is 0 Å².